The molecule has 0 spiro atoms. The van der Waals surface area contributed by atoms with E-state index >= 15 is 0 Å². The number of anilines is 1. The maximum atomic E-state index is 12.8. The molecule has 7 nitrogen and oxygen atoms in total. The topological polar surface area (TPSA) is 86.0 Å². The Hall–Kier alpha value is -2.93. The summed E-state index contributed by atoms with van der Waals surface area (Å²) in [7, 11) is 1.72. The Bertz CT molecular complexity index is 1020. The van der Waals surface area contributed by atoms with Crippen LogP contribution in [0.5, 0.6) is 5.75 Å². The summed E-state index contributed by atoms with van der Waals surface area (Å²) in [5.74, 6) is 0.473. The number of furan rings is 1. The summed E-state index contributed by atoms with van der Waals surface area (Å²) in [5.41, 5.74) is 1.28. The van der Waals surface area contributed by atoms with Crippen LogP contribution in [0.4, 0.5) is 5.69 Å². The molecule has 32 heavy (non-hydrogen) atoms. The van der Waals surface area contributed by atoms with Crippen LogP contribution in [0.3, 0.4) is 0 Å². The van der Waals surface area contributed by atoms with Gasteiger partial charge in [0.1, 0.15) is 11.5 Å². The summed E-state index contributed by atoms with van der Waals surface area (Å²) in [6.45, 7) is 11.0. The van der Waals surface area contributed by atoms with E-state index in [-0.39, 0.29) is 34.8 Å². The van der Waals surface area contributed by atoms with Crippen LogP contribution in [0.2, 0.25) is 5.02 Å². The molecule has 1 aromatic carbocycles. The molecule has 8 heteroatoms. The number of amides is 2. The highest BCUT2D eigenvalue weighted by molar-refractivity contribution is 6.31. The fourth-order valence-corrected chi connectivity index (χ4v) is 4.22. The number of rotatable bonds is 6. The van der Waals surface area contributed by atoms with Crippen molar-refractivity contribution >= 4 is 29.1 Å². The number of halogens is 1. The lowest BCUT2D eigenvalue weighted by Gasteiger charge is -2.23. The lowest BCUT2D eigenvalue weighted by Crippen LogP contribution is -2.39. The number of nitrogens with zero attached hydrogens (tertiary/aromatic N) is 2. The smallest absolute Gasteiger partial charge is 0.289 e. The Morgan fingerprint density at radius 1 is 1.38 bits per heavy atom. The van der Waals surface area contributed by atoms with Crippen LogP contribution in [0.25, 0.3) is 0 Å². The molecule has 1 atom stereocenters. The molecule has 2 amide bonds. The monoisotopic (exact) mass is 459 g/mol. The number of likely N-dealkylation sites (N-methyl/N-ethyl adjacent to an activating group) is 1. The first-order valence-electron chi connectivity index (χ1n) is 10.6. The summed E-state index contributed by atoms with van der Waals surface area (Å²) in [5, 5.41) is 13.9. The number of likely N-dealkylation sites (tertiary alicyclic amines) is 1. The summed E-state index contributed by atoms with van der Waals surface area (Å²) < 4.78 is 5.75. The van der Waals surface area contributed by atoms with E-state index in [9.17, 15) is 14.7 Å². The number of hydrogen-bond acceptors (Lipinski definition) is 5. The highest BCUT2D eigenvalue weighted by atomic mass is 35.5. The van der Waals surface area contributed by atoms with Crippen molar-refractivity contribution in [2.75, 3.05) is 25.5 Å². The molecule has 1 aliphatic rings. The van der Waals surface area contributed by atoms with E-state index in [1.807, 2.05) is 26.8 Å². The molecular formula is C24H30ClN3O4. The minimum absolute atomic E-state index is 0.0467. The van der Waals surface area contributed by atoms with Crippen LogP contribution in [-0.4, -0.2) is 52.9 Å². The average Bonchev–Trinajstić information content (AvgIpc) is 3.40. The van der Waals surface area contributed by atoms with Crippen molar-refractivity contribution in [1.29, 1.82) is 0 Å². The normalized spacial score (nSPS) is 16.2. The van der Waals surface area contributed by atoms with Crippen molar-refractivity contribution in [3.05, 3.63) is 59.0 Å². The van der Waals surface area contributed by atoms with Crippen molar-refractivity contribution in [3.8, 4) is 5.75 Å². The number of hydrogen-bond donors (Lipinski definition) is 2. The SMILES string of the molecule is C=CC(=O)N1CC[C@@H](N(C)C(=O)c2ccc(CNc3cc(C(C)(C)C)c(Cl)cc3O)o2)C1. The van der Waals surface area contributed by atoms with Gasteiger partial charge >= 0.3 is 0 Å². The van der Waals surface area contributed by atoms with Crippen LogP contribution in [0.1, 0.15) is 49.1 Å². The fraction of sp³-hybridized carbons (Fsp3) is 0.417. The second-order valence-electron chi connectivity index (χ2n) is 9.07. The van der Waals surface area contributed by atoms with Crippen molar-refractivity contribution in [2.24, 2.45) is 0 Å². The number of carbonyl (C=O) groups is 2. The van der Waals surface area contributed by atoms with Gasteiger partial charge in [0, 0.05) is 31.2 Å². The van der Waals surface area contributed by atoms with Gasteiger partial charge in [-0.2, -0.15) is 0 Å². The van der Waals surface area contributed by atoms with Gasteiger partial charge in [0.2, 0.25) is 5.91 Å². The second kappa shape index (κ2) is 9.28. The highest BCUT2D eigenvalue weighted by Gasteiger charge is 2.31. The number of benzene rings is 1. The van der Waals surface area contributed by atoms with Crippen molar-refractivity contribution in [2.45, 2.75) is 45.2 Å². The van der Waals surface area contributed by atoms with E-state index < -0.39 is 0 Å². The van der Waals surface area contributed by atoms with Gasteiger partial charge in [-0.1, -0.05) is 39.0 Å². The van der Waals surface area contributed by atoms with Gasteiger partial charge in [0.05, 0.1) is 18.3 Å². The van der Waals surface area contributed by atoms with E-state index in [1.165, 1.54) is 12.1 Å². The fourth-order valence-electron chi connectivity index (χ4n) is 3.78. The zero-order chi connectivity index (χ0) is 23.6. The number of aromatic hydroxyl groups is 1. The van der Waals surface area contributed by atoms with Gasteiger partial charge < -0.3 is 24.6 Å². The first kappa shape index (κ1) is 23.7. The van der Waals surface area contributed by atoms with Crippen LogP contribution in [0, 0.1) is 0 Å². The molecule has 3 rings (SSSR count). The molecule has 0 bridgehead atoms. The Kier molecular flexibility index (Phi) is 6.88. The first-order chi connectivity index (χ1) is 15.0. The third kappa shape index (κ3) is 5.10. The van der Waals surface area contributed by atoms with Crippen molar-refractivity contribution in [1.82, 2.24) is 9.80 Å². The van der Waals surface area contributed by atoms with Crippen LogP contribution >= 0.6 is 11.6 Å². The maximum Gasteiger partial charge on any atom is 0.289 e. The van der Waals surface area contributed by atoms with Crippen LogP contribution in [-0.2, 0) is 16.8 Å². The predicted octanol–water partition coefficient (Wildman–Crippen LogP) is 4.41. The third-order valence-electron chi connectivity index (χ3n) is 5.74. The molecule has 1 saturated heterocycles. The molecule has 2 aromatic rings. The van der Waals surface area contributed by atoms with E-state index in [1.54, 1.807) is 29.0 Å². The third-order valence-corrected chi connectivity index (χ3v) is 6.05. The molecular weight excluding hydrogens is 430 g/mol. The summed E-state index contributed by atoms with van der Waals surface area (Å²) in [6.07, 6.45) is 2.00. The summed E-state index contributed by atoms with van der Waals surface area (Å²) in [6, 6.07) is 6.66. The Labute approximate surface area is 193 Å². The number of phenolic OH excluding ortho intramolecular Hbond substituents is 1. The molecule has 2 N–H and O–H groups in total. The van der Waals surface area contributed by atoms with Gasteiger partial charge in [-0.05, 0) is 41.7 Å². The van der Waals surface area contributed by atoms with E-state index in [2.05, 4.69) is 11.9 Å². The number of carbonyl (C=O) groups excluding carboxylic acids is 2. The Balaban J connectivity index is 1.65. The molecule has 172 valence electrons. The molecule has 0 unspecified atom stereocenters. The quantitative estimate of drug-likeness (QED) is 0.493. The molecule has 2 heterocycles. The van der Waals surface area contributed by atoms with Gasteiger partial charge in [0.15, 0.2) is 5.76 Å². The molecule has 0 radical (unpaired) electrons. The Morgan fingerprint density at radius 3 is 2.75 bits per heavy atom. The Morgan fingerprint density at radius 2 is 2.09 bits per heavy atom. The van der Waals surface area contributed by atoms with E-state index in [0.717, 1.165) is 5.56 Å². The van der Waals surface area contributed by atoms with Crippen molar-refractivity contribution < 1.29 is 19.1 Å². The average molecular weight is 460 g/mol. The number of nitrogens with one attached hydrogen (secondary N) is 1. The maximum absolute atomic E-state index is 12.8. The lowest BCUT2D eigenvalue weighted by atomic mass is 9.86. The number of phenols is 1. The molecule has 1 fully saturated rings. The molecule has 0 aliphatic carbocycles. The predicted molar refractivity (Wildman–Crippen MR) is 125 cm³/mol. The minimum Gasteiger partial charge on any atom is -0.506 e. The van der Waals surface area contributed by atoms with Gasteiger partial charge in [-0.3, -0.25) is 9.59 Å². The van der Waals surface area contributed by atoms with E-state index in [4.69, 9.17) is 16.0 Å². The van der Waals surface area contributed by atoms with Crippen molar-refractivity contribution in [3.63, 3.8) is 0 Å². The van der Waals surface area contributed by atoms with Crippen LogP contribution in [0.15, 0.2) is 41.3 Å². The highest BCUT2D eigenvalue weighted by Crippen LogP contribution is 2.37. The molecule has 1 aromatic heterocycles. The molecule has 1 aliphatic heterocycles. The summed E-state index contributed by atoms with van der Waals surface area (Å²) in [4.78, 5) is 27.9. The van der Waals surface area contributed by atoms with Gasteiger partial charge in [-0.25, -0.2) is 0 Å². The van der Waals surface area contributed by atoms with Gasteiger partial charge in [-0.15, -0.1) is 0 Å². The van der Waals surface area contributed by atoms with E-state index in [0.29, 0.717) is 42.5 Å². The lowest BCUT2D eigenvalue weighted by molar-refractivity contribution is -0.125. The van der Waals surface area contributed by atoms with Crippen LogP contribution < -0.4 is 5.32 Å². The first-order valence-corrected chi connectivity index (χ1v) is 10.9. The minimum atomic E-state index is -0.237. The second-order valence-corrected chi connectivity index (χ2v) is 9.47. The molecule has 0 saturated carbocycles. The zero-order valence-electron chi connectivity index (χ0n) is 18.9. The zero-order valence-corrected chi connectivity index (χ0v) is 19.7. The van der Waals surface area contributed by atoms with Gasteiger partial charge in [0.25, 0.3) is 5.91 Å². The standard InChI is InChI=1S/C24H30ClN3O4/c1-6-22(30)28-10-9-15(14-28)27(5)23(31)21-8-7-16(32-21)13-26-19-11-17(24(2,3)4)18(25)12-20(19)29/h6-8,11-12,15,26,29H,1,9-10,13-14H2,2-5H3/t15-/m1/s1. The summed E-state index contributed by atoms with van der Waals surface area (Å²) >= 11 is 6.28. The largest absolute Gasteiger partial charge is 0.506 e.